The minimum Gasteiger partial charge on any atom is -0.376 e. The van der Waals surface area contributed by atoms with Gasteiger partial charge in [0.1, 0.15) is 12.6 Å². The highest BCUT2D eigenvalue weighted by molar-refractivity contribution is 6.05. The van der Waals surface area contributed by atoms with Gasteiger partial charge in [-0.2, -0.15) is 0 Å². The molecule has 36 heavy (non-hydrogen) atoms. The Bertz CT molecular complexity index is 1270. The van der Waals surface area contributed by atoms with E-state index in [-0.39, 0.29) is 42.0 Å². The standard InChI is InChI=1S/C24H30N6O6/c1-28-17-4-2-3-5-18(17)30(23(28)35)13-19(31)25-12-15-11-24(14-36-15)6-8-29(9-7-24)20(32)10-16-21(33)27-22(34)26-16/h2-5,15-16H,6-14H2,1H3,(H,25,31)(H2,26,27,33,34). The van der Waals surface area contributed by atoms with Gasteiger partial charge in [-0.15, -0.1) is 0 Å². The van der Waals surface area contributed by atoms with Crippen LogP contribution in [0.4, 0.5) is 4.79 Å². The third-order valence-electron chi connectivity index (χ3n) is 7.58. The second-order valence-electron chi connectivity index (χ2n) is 9.96. The Morgan fingerprint density at radius 3 is 2.56 bits per heavy atom. The highest BCUT2D eigenvalue weighted by atomic mass is 16.5. The number of carbonyl (C=O) groups excluding carboxylic acids is 4. The summed E-state index contributed by atoms with van der Waals surface area (Å²) >= 11 is 0. The Labute approximate surface area is 206 Å². The maximum absolute atomic E-state index is 12.6. The summed E-state index contributed by atoms with van der Waals surface area (Å²) in [5.74, 6) is -0.874. The predicted molar refractivity (Wildman–Crippen MR) is 128 cm³/mol. The fourth-order valence-corrected chi connectivity index (χ4v) is 5.45. The van der Waals surface area contributed by atoms with Crippen molar-refractivity contribution in [3.8, 4) is 0 Å². The zero-order valence-corrected chi connectivity index (χ0v) is 20.1. The molecule has 5 rings (SSSR count). The fourth-order valence-electron chi connectivity index (χ4n) is 5.45. The lowest BCUT2D eigenvalue weighted by Gasteiger charge is -2.38. The van der Waals surface area contributed by atoms with E-state index in [2.05, 4.69) is 16.0 Å². The molecule has 12 nitrogen and oxygen atoms in total. The number of hydrogen-bond acceptors (Lipinski definition) is 6. The molecule has 0 aliphatic carbocycles. The number of amides is 5. The van der Waals surface area contributed by atoms with Crippen LogP contribution < -0.4 is 21.6 Å². The number of piperidine rings is 1. The molecule has 0 saturated carbocycles. The summed E-state index contributed by atoms with van der Waals surface area (Å²) in [6.45, 7) is 1.99. The summed E-state index contributed by atoms with van der Waals surface area (Å²) in [4.78, 5) is 62.4. The van der Waals surface area contributed by atoms with Gasteiger partial charge < -0.3 is 20.3 Å². The molecular formula is C24H30N6O6. The molecule has 2 atom stereocenters. The van der Waals surface area contributed by atoms with Crippen molar-refractivity contribution in [2.24, 2.45) is 12.5 Å². The fraction of sp³-hybridized carbons (Fsp3) is 0.542. The average molecular weight is 499 g/mol. The number of para-hydroxylation sites is 2. The number of imidazole rings is 1. The van der Waals surface area contributed by atoms with Crippen molar-refractivity contribution in [2.45, 2.75) is 44.4 Å². The van der Waals surface area contributed by atoms with Gasteiger partial charge >= 0.3 is 11.7 Å². The van der Waals surface area contributed by atoms with Gasteiger partial charge in [0.15, 0.2) is 0 Å². The number of imide groups is 1. The molecular weight excluding hydrogens is 468 g/mol. The first-order valence-electron chi connectivity index (χ1n) is 12.2. The molecule has 192 valence electrons. The molecule has 3 fully saturated rings. The predicted octanol–water partition coefficient (Wildman–Crippen LogP) is -0.548. The van der Waals surface area contributed by atoms with Crippen molar-refractivity contribution in [3.63, 3.8) is 0 Å². The van der Waals surface area contributed by atoms with E-state index in [9.17, 15) is 24.0 Å². The third-order valence-corrected chi connectivity index (χ3v) is 7.58. The number of ether oxygens (including phenoxy) is 1. The van der Waals surface area contributed by atoms with Crippen molar-refractivity contribution >= 4 is 34.8 Å². The van der Waals surface area contributed by atoms with Gasteiger partial charge in [0.05, 0.1) is 30.2 Å². The number of urea groups is 1. The number of aryl methyl sites for hydroxylation is 1. The van der Waals surface area contributed by atoms with Gasteiger partial charge in [0.25, 0.3) is 5.91 Å². The Balaban J connectivity index is 1.09. The third kappa shape index (κ3) is 4.60. The summed E-state index contributed by atoms with van der Waals surface area (Å²) in [7, 11) is 1.69. The van der Waals surface area contributed by atoms with Crippen molar-refractivity contribution in [3.05, 3.63) is 34.7 Å². The number of hydrogen-bond donors (Lipinski definition) is 3. The largest absolute Gasteiger partial charge is 0.376 e. The van der Waals surface area contributed by atoms with E-state index in [0.717, 1.165) is 24.8 Å². The SMILES string of the molecule is Cn1c(=O)n(CC(=O)NCC2CC3(CCN(C(=O)CC4NC(=O)NC4=O)CC3)CO2)c2ccccc21. The van der Waals surface area contributed by atoms with E-state index < -0.39 is 18.0 Å². The van der Waals surface area contributed by atoms with E-state index in [1.165, 1.54) is 9.13 Å². The lowest BCUT2D eigenvalue weighted by atomic mass is 9.76. The molecule has 2 unspecified atom stereocenters. The number of fused-ring (bicyclic) bond motifs is 1. The summed E-state index contributed by atoms with van der Waals surface area (Å²) in [5, 5.41) is 7.50. The topological polar surface area (TPSA) is 144 Å². The van der Waals surface area contributed by atoms with Crippen molar-refractivity contribution in [2.75, 3.05) is 26.2 Å². The van der Waals surface area contributed by atoms with Gasteiger partial charge in [-0.25, -0.2) is 9.59 Å². The Hall–Kier alpha value is -3.67. The number of aromatic nitrogens is 2. The van der Waals surface area contributed by atoms with Crippen LogP contribution in [-0.4, -0.2) is 76.2 Å². The van der Waals surface area contributed by atoms with Crippen molar-refractivity contribution in [1.29, 1.82) is 0 Å². The van der Waals surface area contributed by atoms with Crippen LogP contribution in [-0.2, 0) is 32.7 Å². The molecule has 0 radical (unpaired) electrons. The Morgan fingerprint density at radius 1 is 1.14 bits per heavy atom. The molecule has 2 aromatic rings. The number of nitrogens with zero attached hydrogens (tertiary/aromatic N) is 3. The molecule has 3 saturated heterocycles. The van der Waals surface area contributed by atoms with Crippen molar-refractivity contribution in [1.82, 2.24) is 30.0 Å². The molecule has 1 aromatic carbocycles. The van der Waals surface area contributed by atoms with E-state index in [1.54, 1.807) is 11.9 Å². The molecule has 1 spiro atoms. The normalized spacial score (nSPS) is 23.2. The van der Waals surface area contributed by atoms with Crippen molar-refractivity contribution < 1.29 is 23.9 Å². The highest BCUT2D eigenvalue weighted by Gasteiger charge is 2.43. The monoisotopic (exact) mass is 498 g/mol. The first kappa shape index (κ1) is 24.0. The zero-order chi connectivity index (χ0) is 25.4. The number of carbonyl (C=O) groups is 4. The average Bonchev–Trinajstić information content (AvgIpc) is 3.48. The highest BCUT2D eigenvalue weighted by Crippen LogP contribution is 2.41. The first-order valence-corrected chi connectivity index (χ1v) is 12.2. The van der Waals surface area contributed by atoms with E-state index in [1.807, 2.05) is 24.3 Å². The van der Waals surface area contributed by atoms with Crippen LogP contribution in [0, 0.1) is 5.41 Å². The maximum Gasteiger partial charge on any atom is 0.329 e. The zero-order valence-electron chi connectivity index (χ0n) is 20.1. The van der Waals surface area contributed by atoms with E-state index >= 15 is 0 Å². The molecule has 5 amide bonds. The minimum atomic E-state index is -0.812. The van der Waals surface area contributed by atoms with E-state index in [4.69, 9.17) is 4.74 Å². The molecule has 3 N–H and O–H groups in total. The number of nitrogens with one attached hydrogen (secondary N) is 3. The number of likely N-dealkylation sites (tertiary alicyclic amines) is 1. The van der Waals surface area contributed by atoms with Crippen LogP contribution in [0.3, 0.4) is 0 Å². The summed E-state index contributed by atoms with van der Waals surface area (Å²) in [6, 6.07) is 5.98. The van der Waals surface area contributed by atoms with Crippen LogP contribution in [0.2, 0.25) is 0 Å². The van der Waals surface area contributed by atoms with Crippen LogP contribution in [0.15, 0.2) is 29.1 Å². The molecule has 0 bridgehead atoms. The molecule has 12 heteroatoms. The second kappa shape index (κ2) is 9.41. The van der Waals surface area contributed by atoms with Gasteiger partial charge in [-0.1, -0.05) is 12.1 Å². The molecule has 4 heterocycles. The van der Waals surface area contributed by atoms with Gasteiger partial charge in [-0.05, 0) is 36.8 Å². The van der Waals surface area contributed by atoms with Gasteiger partial charge in [0.2, 0.25) is 11.8 Å². The van der Waals surface area contributed by atoms with Gasteiger partial charge in [0, 0.05) is 26.7 Å². The van der Waals surface area contributed by atoms with E-state index in [0.29, 0.717) is 31.8 Å². The smallest absolute Gasteiger partial charge is 0.329 e. The maximum atomic E-state index is 12.6. The number of rotatable bonds is 6. The lowest BCUT2D eigenvalue weighted by molar-refractivity contribution is -0.136. The van der Waals surface area contributed by atoms with Crippen LogP contribution in [0.25, 0.3) is 11.0 Å². The molecule has 3 aliphatic rings. The summed E-state index contributed by atoms with van der Waals surface area (Å²) in [6.07, 6.45) is 2.16. The molecule has 1 aromatic heterocycles. The second-order valence-corrected chi connectivity index (χ2v) is 9.96. The van der Waals surface area contributed by atoms with Crippen LogP contribution >= 0.6 is 0 Å². The Kier molecular flexibility index (Phi) is 6.29. The van der Waals surface area contributed by atoms with Gasteiger partial charge in [-0.3, -0.25) is 28.8 Å². The minimum absolute atomic E-state index is 0.0440. The lowest BCUT2D eigenvalue weighted by Crippen LogP contribution is -2.46. The Morgan fingerprint density at radius 2 is 1.86 bits per heavy atom. The first-order chi connectivity index (χ1) is 17.2. The quantitative estimate of drug-likeness (QED) is 0.456. The van der Waals surface area contributed by atoms with Crippen LogP contribution in [0.5, 0.6) is 0 Å². The number of benzene rings is 1. The molecule has 3 aliphatic heterocycles. The summed E-state index contributed by atoms with van der Waals surface area (Å²) < 4.78 is 8.98. The van der Waals surface area contributed by atoms with Crippen LogP contribution in [0.1, 0.15) is 25.7 Å². The summed E-state index contributed by atoms with van der Waals surface area (Å²) in [5.41, 5.74) is 1.21.